The number of nitrogens with one attached hydrogen (secondary N) is 1. The molecule has 2 rings (SSSR count). The molecule has 1 N–H and O–H groups in total. The van der Waals surface area contributed by atoms with E-state index in [1.807, 2.05) is 13.1 Å². The van der Waals surface area contributed by atoms with E-state index in [4.69, 9.17) is 4.74 Å². The lowest BCUT2D eigenvalue weighted by molar-refractivity contribution is 0.304. The van der Waals surface area contributed by atoms with Crippen LogP contribution in [0.2, 0.25) is 0 Å². The van der Waals surface area contributed by atoms with Crippen molar-refractivity contribution >= 4 is 5.82 Å². The molecule has 0 aromatic carbocycles. The van der Waals surface area contributed by atoms with E-state index in [1.54, 1.807) is 6.33 Å². The Morgan fingerprint density at radius 2 is 2.39 bits per heavy atom. The van der Waals surface area contributed by atoms with Crippen molar-refractivity contribution in [3.63, 3.8) is 0 Å². The second-order valence-electron chi connectivity index (χ2n) is 4.61. The SMILES string of the molecule is CCCOc1cc(N2CCCC2CNC)ncn1. The van der Waals surface area contributed by atoms with Gasteiger partial charge in [0.1, 0.15) is 12.1 Å². The number of aromatic nitrogens is 2. The van der Waals surface area contributed by atoms with Crippen molar-refractivity contribution in [3.05, 3.63) is 12.4 Å². The molecule has 1 aromatic rings. The molecule has 2 heterocycles. The van der Waals surface area contributed by atoms with E-state index >= 15 is 0 Å². The summed E-state index contributed by atoms with van der Waals surface area (Å²) in [4.78, 5) is 10.9. The van der Waals surface area contributed by atoms with Crippen molar-refractivity contribution < 1.29 is 4.74 Å². The van der Waals surface area contributed by atoms with Crippen molar-refractivity contribution in [1.82, 2.24) is 15.3 Å². The molecular weight excluding hydrogens is 228 g/mol. The van der Waals surface area contributed by atoms with Gasteiger partial charge in [0, 0.05) is 25.2 Å². The number of nitrogens with zero attached hydrogens (tertiary/aromatic N) is 3. The van der Waals surface area contributed by atoms with Crippen LogP contribution in [0, 0.1) is 0 Å². The van der Waals surface area contributed by atoms with E-state index < -0.39 is 0 Å². The van der Waals surface area contributed by atoms with Gasteiger partial charge in [0.05, 0.1) is 6.61 Å². The van der Waals surface area contributed by atoms with Crippen LogP contribution in [-0.2, 0) is 0 Å². The molecule has 1 saturated heterocycles. The van der Waals surface area contributed by atoms with Crippen molar-refractivity contribution in [2.75, 3.05) is 31.6 Å². The zero-order valence-corrected chi connectivity index (χ0v) is 11.2. The number of hydrogen-bond acceptors (Lipinski definition) is 5. The van der Waals surface area contributed by atoms with Crippen molar-refractivity contribution in [2.45, 2.75) is 32.2 Å². The van der Waals surface area contributed by atoms with Crippen molar-refractivity contribution in [2.24, 2.45) is 0 Å². The third-order valence-corrected chi connectivity index (χ3v) is 3.19. The predicted molar refractivity (Wildman–Crippen MR) is 72.1 cm³/mol. The summed E-state index contributed by atoms with van der Waals surface area (Å²) in [7, 11) is 1.99. The van der Waals surface area contributed by atoms with Gasteiger partial charge in [0.25, 0.3) is 0 Å². The second kappa shape index (κ2) is 6.54. The molecule has 5 heteroatoms. The Hall–Kier alpha value is -1.36. The molecule has 1 fully saturated rings. The maximum absolute atomic E-state index is 5.56. The van der Waals surface area contributed by atoms with E-state index in [0.717, 1.165) is 25.3 Å². The molecule has 0 saturated carbocycles. The van der Waals surface area contributed by atoms with Crippen LogP contribution in [0.1, 0.15) is 26.2 Å². The fraction of sp³-hybridized carbons (Fsp3) is 0.692. The van der Waals surface area contributed by atoms with Gasteiger partial charge in [-0.15, -0.1) is 0 Å². The minimum absolute atomic E-state index is 0.531. The highest BCUT2D eigenvalue weighted by atomic mass is 16.5. The molecular formula is C13H22N4O. The van der Waals surface area contributed by atoms with Crippen LogP contribution in [0.25, 0.3) is 0 Å². The van der Waals surface area contributed by atoms with E-state index in [9.17, 15) is 0 Å². The largest absolute Gasteiger partial charge is 0.478 e. The van der Waals surface area contributed by atoms with Gasteiger partial charge in [-0.05, 0) is 26.3 Å². The molecule has 0 bridgehead atoms. The van der Waals surface area contributed by atoms with E-state index in [0.29, 0.717) is 18.5 Å². The maximum atomic E-state index is 5.56. The lowest BCUT2D eigenvalue weighted by atomic mass is 10.2. The monoisotopic (exact) mass is 250 g/mol. The topological polar surface area (TPSA) is 50.3 Å². The predicted octanol–water partition coefficient (Wildman–Crippen LogP) is 1.45. The Kier molecular flexibility index (Phi) is 4.75. The highest BCUT2D eigenvalue weighted by Gasteiger charge is 2.25. The van der Waals surface area contributed by atoms with Gasteiger partial charge in [-0.1, -0.05) is 6.92 Å². The van der Waals surface area contributed by atoms with Crippen LogP contribution in [0.5, 0.6) is 5.88 Å². The highest BCUT2D eigenvalue weighted by Crippen LogP contribution is 2.25. The Labute approximate surface area is 109 Å². The van der Waals surface area contributed by atoms with Gasteiger partial charge in [-0.3, -0.25) is 0 Å². The van der Waals surface area contributed by atoms with Gasteiger partial charge >= 0.3 is 0 Å². The summed E-state index contributed by atoms with van der Waals surface area (Å²) in [6.45, 7) is 4.85. The standard InChI is InChI=1S/C13H22N4O/c1-3-7-18-13-8-12(15-10-16-13)17-6-4-5-11(17)9-14-2/h8,10-11,14H,3-7,9H2,1-2H3. The van der Waals surface area contributed by atoms with Crippen LogP contribution >= 0.6 is 0 Å². The van der Waals surface area contributed by atoms with Crippen LogP contribution < -0.4 is 15.0 Å². The fourth-order valence-corrected chi connectivity index (χ4v) is 2.36. The zero-order valence-electron chi connectivity index (χ0n) is 11.2. The summed E-state index contributed by atoms with van der Waals surface area (Å²) in [6, 6.07) is 2.48. The fourth-order valence-electron chi connectivity index (χ4n) is 2.36. The zero-order chi connectivity index (χ0) is 12.8. The Morgan fingerprint density at radius 3 is 3.17 bits per heavy atom. The van der Waals surface area contributed by atoms with E-state index in [2.05, 4.69) is 27.1 Å². The molecule has 1 aliphatic rings. The molecule has 0 radical (unpaired) electrons. The van der Waals surface area contributed by atoms with Gasteiger partial charge in [0.2, 0.25) is 5.88 Å². The first-order chi connectivity index (χ1) is 8.85. The van der Waals surface area contributed by atoms with Crippen molar-refractivity contribution in [1.29, 1.82) is 0 Å². The van der Waals surface area contributed by atoms with E-state index in [-0.39, 0.29) is 0 Å². The molecule has 0 aliphatic carbocycles. The lowest BCUT2D eigenvalue weighted by Crippen LogP contribution is -2.37. The van der Waals surface area contributed by atoms with E-state index in [1.165, 1.54) is 12.8 Å². The first-order valence-corrected chi connectivity index (χ1v) is 6.71. The molecule has 0 spiro atoms. The lowest BCUT2D eigenvalue weighted by Gasteiger charge is -2.25. The summed E-state index contributed by atoms with van der Waals surface area (Å²) in [5, 5.41) is 3.24. The van der Waals surface area contributed by atoms with Crippen molar-refractivity contribution in [3.8, 4) is 5.88 Å². The summed E-state index contributed by atoms with van der Waals surface area (Å²) >= 11 is 0. The molecule has 0 amide bonds. The number of likely N-dealkylation sites (N-methyl/N-ethyl adjacent to an activating group) is 1. The van der Waals surface area contributed by atoms with Gasteiger partial charge in [-0.2, -0.15) is 0 Å². The van der Waals surface area contributed by atoms with Gasteiger partial charge < -0.3 is 15.0 Å². The summed E-state index contributed by atoms with van der Waals surface area (Å²) in [5.74, 6) is 1.66. The third kappa shape index (κ3) is 3.10. The average molecular weight is 250 g/mol. The van der Waals surface area contributed by atoms with Crippen LogP contribution in [0.3, 0.4) is 0 Å². The number of hydrogen-bond donors (Lipinski definition) is 1. The van der Waals surface area contributed by atoms with Gasteiger partial charge in [0.15, 0.2) is 0 Å². The summed E-state index contributed by atoms with van der Waals surface area (Å²) < 4.78 is 5.56. The molecule has 1 aliphatic heterocycles. The molecule has 1 aromatic heterocycles. The number of rotatable bonds is 6. The maximum Gasteiger partial charge on any atom is 0.218 e. The second-order valence-corrected chi connectivity index (χ2v) is 4.61. The Balaban J connectivity index is 2.07. The molecule has 1 unspecified atom stereocenters. The summed E-state index contributed by atoms with van der Waals surface area (Å²) in [6.07, 6.45) is 5.03. The molecule has 100 valence electrons. The smallest absolute Gasteiger partial charge is 0.218 e. The first-order valence-electron chi connectivity index (χ1n) is 6.71. The van der Waals surface area contributed by atoms with Crippen LogP contribution in [0.4, 0.5) is 5.82 Å². The quantitative estimate of drug-likeness (QED) is 0.828. The first kappa shape index (κ1) is 13.1. The van der Waals surface area contributed by atoms with Crippen LogP contribution in [-0.4, -0.2) is 42.8 Å². The van der Waals surface area contributed by atoms with Crippen LogP contribution in [0.15, 0.2) is 12.4 Å². The normalized spacial score (nSPS) is 19.2. The minimum Gasteiger partial charge on any atom is -0.478 e. The molecule has 18 heavy (non-hydrogen) atoms. The third-order valence-electron chi connectivity index (χ3n) is 3.19. The average Bonchev–Trinajstić information content (AvgIpc) is 2.85. The number of anilines is 1. The molecule has 5 nitrogen and oxygen atoms in total. The summed E-state index contributed by atoms with van der Waals surface area (Å²) in [5.41, 5.74) is 0. The Morgan fingerprint density at radius 1 is 1.50 bits per heavy atom. The van der Waals surface area contributed by atoms with Gasteiger partial charge in [-0.25, -0.2) is 9.97 Å². The highest BCUT2D eigenvalue weighted by molar-refractivity contribution is 5.43. The Bertz CT molecular complexity index is 372. The molecule has 1 atom stereocenters. The minimum atomic E-state index is 0.531. The number of ether oxygens (including phenoxy) is 1.